The minimum Gasteiger partial charge on any atom is -0.445 e. The topological polar surface area (TPSA) is 103 Å². The van der Waals surface area contributed by atoms with Crippen molar-refractivity contribution in [1.82, 2.24) is 15.1 Å². The number of carbonyl (C=O) groups is 3. The molecule has 0 aromatic heterocycles. The van der Waals surface area contributed by atoms with Crippen molar-refractivity contribution in [2.75, 3.05) is 19.6 Å². The Balaban J connectivity index is 1.50. The van der Waals surface area contributed by atoms with Gasteiger partial charge < -0.3 is 15.0 Å². The van der Waals surface area contributed by atoms with Crippen molar-refractivity contribution in [2.24, 2.45) is 11.3 Å². The fourth-order valence-electron chi connectivity index (χ4n) is 6.03. The summed E-state index contributed by atoms with van der Waals surface area (Å²) in [4.78, 5) is 42.6. The van der Waals surface area contributed by atoms with E-state index in [4.69, 9.17) is 4.74 Å². The predicted octanol–water partition coefficient (Wildman–Crippen LogP) is 3.95. The quantitative estimate of drug-likeness (QED) is 0.568. The molecule has 1 saturated heterocycles. The van der Waals surface area contributed by atoms with Crippen LogP contribution in [0.5, 0.6) is 0 Å². The normalized spacial score (nSPS) is 28.6. The van der Waals surface area contributed by atoms with Crippen LogP contribution in [0.2, 0.25) is 0 Å². The van der Waals surface area contributed by atoms with E-state index in [9.17, 15) is 24.0 Å². The molecule has 8 nitrogen and oxygen atoms in total. The van der Waals surface area contributed by atoms with Gasteiger partial charge in [-0.1, -0.05) is 44.2 Å². The first kappa shape index (κ1) is 26.9. The van der Waals surface area contributed by atoms with Crippen molar-refractivity contribution >= 4 is 17.9 Å². The molecule has 4 aliphatic rings. The van der Waals surface area contributed by atoms with Crippen molar-refractivity contribution < 1.29 is 23.5 Å². The summed E-state index contributed by atoms with van der Waals surface area (Å²) >= 11 is 0. The third-order valence-corrected chi connectivity index (χ3v) is 8.37. The summed E-state index contributed by atoms with van der Waals surface area (Å²) in [6.45, 7) is 4.40. The van der Waals surface area contributed by atoms with Gasteiger partial charge in [0.1, 0.15) is 25.4 Å². The molecule has 0 unspecified atom stereocenters. The number of likely N-dealkylation sites (tertiary alicyclic amines) is 1. The summed E-state index contributed by atoms with van der Waals surface area (Å²) in [5.41, 5.74) is -0.222. The van der Waals surface area contributed by atoms with E-state index in [0.29, 0.717) is 51.0 Å². The number of hydrogen-bond acceptors (Lipinski definition) is 5. The molecule has 9 heteroatoms. The molecule has 3 saturated carbocycles. The van der Waals surface area contributed by atoms with Gasteiger partial charge in [0.25, 0.3) is 0 Å². The van der Waals surface area contributed by atoms with Gasteiger partial charge in [-0.2, -0.15) is 5.26 Å². The summed E-state index contributed by atoms with van der Waals surface area (Å²) < 4.78 is 19.7. The van der Waals surface area contributed by atoms with E-state index in [1.165, 1.54) is 9.80 Å². The minimum atomic E-state index is -1.25. The van der Waals surface area contributed by atoms with E-state index in [0.717, 1.165) is 5.56 Å². The lowest BCUT2D eigenvalue weighted by Crippen LogP contribution is -2.63. The second-order valence-electron chi connectivity index (χ2n) is 11.3. The van der Waals surface area contributed by atoms with Crippen molar-refractivity contribution in [3.05, 3.63) is 35.9 Å². The Morgan fingerprint density at radius 2 is 1.81 bits per heavy atom. The molecule has 1 heterocycles. The van der Waals surface area contributed by atoms with E-state index >= 15 is 0 Å². The van der Waals surface area contributed by atoms with Crippen LogP contribution in [-0.2, 0) is 20.9 Å². The molecule has 5 rings (SSSR count). The van der Waals surface area contributed by atoms with Gasteiger partial charge >= 0.3 is 6.09 Å². The van der Waals surface area contributed by atoms with Crippen LogP contribution >= 0.6 is 0 Å². The molecule has 1 aromatic carbocycles. The maximum Gasteiger partial charge on any atom is 0.411 e. The molecule has 1 aromatic rings. The van der Waals surface area contributed by atoms with Crippen molar-refractivity contribution in [3.8, 4) is 6.07 Å². The fraction of sp³-hybridized carbons (Fsp3) is 0.643. The average molecular weight is 513 g/mol. The Hall–Kier alpha value is -3.15. The first-order valence-corrected chi connectivity index (χ1v) is 13.3. The molecular weight excluding hydrogens is 475 g/mol. The second kappa shape index (κ2) is 11.1. The highest BCUT2D eigenvalue weighted by Crippen LogP contribution is 2.55. The van der Waals surface area contributed by atoms with E-state index in [2.05, 4.69) is 19.2 Å². The van der Waals surface area contributed by atoms with E-state index in [1.807, 2.05) is 36.4 Å². The summed E-state index contributed by atoms with van der Waals surface area (Å²) in [5, 5.41) is 12.5. The van der Waals surface area contributed by atoms with Gasteiger partial charge in [-0.25, -0.2) is 9.18 Å². The molecule has 4 fully saturated rings. The van der Waals surface area contributed by atoms with E-state index in [1.54, 1.807) is 0 Å². The van der Waals surface area contributed by atoms with Crippen molar-refractivity contribution in [1.29, 1.82) is 5.26 Å². The predicted molar refractivity (Wildman–Crippen MR) is 135 cm³/mol. The molecule has 0 spiro atoms. The van der Waals surface area contributed by atoms with E-state index in [-0.39, 0.29) is 32.0 Å². The molecular formula is C28H37FN4O4. The van der Waals surface area contributed by atoms with Crippen LogP contribution in [0.1, 0.15) is 64.4 Å². The highest BCUT2D eigenvalue weighted by atomic mass is 19.1. The van der Waals surface area contributed by atoms with Crippen molar-refractivity contribution in [2.45, 2.75) is 83.2 Å². The minimum absolute atomic E-state index is 0.0140. The Kier molecular flexibility index (Phi) is 8.05. The molecule has 200 valence electrons. The summed E-state index contributed by atoms with van der Waals surface area (Å²) in [6, 6.07) is 10.5. The Labute approximate surface area is 218 Å². The molecule has 3 amide bonds. The molecule has 37 heavy (non-hydrogen) atoms. The van der Waals surface area contributed by atoms with Crippen LogP contribution in [-0.4, -0.2) is 65.1 Å². The van der Waals surface area contributed by atoms with Crippen LogP contribution in [0.4, 0.5) is 9.18 Å². The highest BCUT2D eigenvalue weighted by Gasteiger charge is 2.56. The van der Waals surface area contributed by atoms with Gasteiger partial charge in [0.05, 0.1) is 12.6 Å². The lowest BCUT2D eigenvalue weighted by atomic mass is 9.56. The van der Waals surface area contributed by atoms with Crippen LogP contribution in [0, 0.1) is 22.7 Å². The van der Waals surface area contributed by atoms with Gasteiger partial charge in [0, 0.05) is 23.9 Å². The summed E-state index contributed by atoms with van der Waals surface area (Å²) in [6.07, 6.45) is 1.79. The van der Waals surface area contributed by atoms with Gasteiger partial charge in [0.15, 0.2) is 0 Å². The highest BCUT2D eigenvalue weighted by molar-refractivity contribution is 5.85. The van der Waals surface area contributed by atoms with Crippen LogP contribution in [0.3, 0.4) is 0 Å². The lowest BCUT2D eigenvalue weighted by Gasteiger charge is -2.56. The number of nitriles is 1. The Bertz CT molecular complexity index is 1020. The Morgan fingerprint density at radius 3 is 2.41 bits per heavy atom. The Morgan fingerprint density at radius 1 is 1.16 bits per heavy atom. The number of hydrogen-bond donors (Lipinski definition) is 1. The summed E-state index contributed by atoms with van der Waals surface area (Å²) in [7, 11) is 0. The smallest absolute Gasteiger partial charge is 0.411 e. The third kappa shape index (κ3) is 5.73. The first-order valence-electron chi connectivity index (χ1n) is 13.3. The maximum absolute atomic E-state index is 14.0. The molecule has 0 radical (unpaired) electrons. The third-order valence-electron chi connectivity index (χ3n) is 8.37. The fourth-order valence-corrected chi connectivity index (χ4v) is 6.03. The first-order chi connectivity index (χ1) is 17.7. The largest absolute Gasteiger partial charge is 0.445 e. The van der Waals surface area contributed by atoms with Gasteiger partial charge in [-0.3, -0.25) is 14.5 Å². The van der Waals surface area contributed by atoms with Crippen LogP contribution in [0.15, 0.2) is 30.3 Å². The van der Waals surface area contributed by atoms with Gasteiger partial charge in [0.2, 0.25) is 11.8 Å². The zero-order chi connectivity index (χ0) is 26.6. The number of carbonyl (C=O) groups excluding carboxylic acids is 3. The lowest BCUT2D eigenvalue weighted by molar-refractivity contribution is -0.145. The molecule has 1 aliphatic heterocycles. The number of nitrogens with one attached hydrogen (secondary N) is 1. The number of alkyl halides is 1. The van der Waals surface area contributed by atoms with Gasteiger partial charge in [-0.05, 0) is 50.0 Å². The second-order valence-corrected chi connectivity index (χ2v) is 11.3. The van der Waals surface area contributed by atoms with Gasteiger partial charge in [-0.15, -0.1) is 0 Å². The SMILES string of the molecule is CC(C)CNC(=O)C12CCC(N(CC(=O)N3C[C@@H](F)C[C@H]3C#N)C(=O)OCc3ccccc3)(CC1)CC2. The monoisotopic (exact) mass is 512 g/mol. The zero-order valence-corrected chi connectivity index (χ0v) is 21.7. The average Bonchev–Trinajstić information content (AvgIpc) is 3.31. The van der Waals surface area contributed by atoms with Crippen LogP contribution < -0.4 is 5.32 Å². The number of amides is 3. The number of fused-ring (bicyclic) bond motifs is 3. The molecule has 3 aliphatic carbocycles. The van der Waals surface area contributed by atoms with Crippen molar-refractivity contribution in [3.63, 3.8) is 0 Å². The molecule has 1 N–H and O–H groups in total. The molecule has 2 bridgehead atoms. The number of rotatable bonds is 8. The number of nitrogens with zero attached hydrogens (tertiary/aromatic N) is 3. The standard InChI is InChI=1S/C28H37FN4O4/c1-20(2)16-31-25(35)27-8-11-28(12-9-27,13-10-27)33(26(36)37-19-21-6-4-3-5-7-21)18-24(34)32-17-22(29)14-23(32)15-30/h3-7,20,22-23H,8-14,16-19H2,1-2H3,(H,31,35)/t22-,23-,27?,28?/m0/s1. The van der Waals surface area contributed by atoms with E-state index < -0.39 is 35.2 Å². The zero-order valence-electron chi connectivity index (χ0n) is 21.7. The number of ether oxygens (including phenoxy) is 1. The maximum atomic E-state index is 14.0. The van der Waals surface area contributed by atoms with Crippen LogP contribution in [0.25, 0.3) is 0 Å². The molecule has 2 atom stereocenters. The number of halogens is 1. The summed E-state index contributed by atoms with van der Waals surface area (Å²) in [5.74, 6) is -0.0132. The number of benzene rings is 1.